The van der Waals surface area contributed by atoms with Gasteiger partial charge in [0.25, 0.3) is 11.5 Å². The van der Waals surface area contributed by atoms with Crippen LogP contribution in [0.4, 0.5) is 0 Å². The van der Waals surface area contributed by atoms with Crippen LogP contribution in [-0.2, 0) is 4.74 Å². The van der Waals surface area contributed by atoms with Crippen molar-refractivity contribution in [3.8, 4) is 11.1 Å². The molecule has 0 radical (unpaired) electrons. The molecule has 4 aromatic heterocycles. The van der Waals surface area contributed by atoms with Gasteiger partial charge in [0.1, 0.15) is 11.3 Å². The van der Waals surface area contributed by atoms with Crippen molar-refractivity contribution in [1.82, 2.24) is 34.7 Å². The number of benzene rings is 1. The topological polar surface area (TPSA) is 119 Å². The van der Waals surface area contributed by atoms with Crippen LogP contribution in [0.25, 0.3) is 27.5 Å². The number of amides is 1. The largest absolute Gasteiger partial charge is 0.381 e. The zero-order valence-electron chi connectivity index (χ0n) is 22.1. The zero-order valence-corrected chi connectivity index (χ0v) is 22.1. The number of imidazole rings is 1. The van der Waals surface area contributed by atoms with Crippen LogP contribution >= 0.6 is 0 Å². The minimum atomic E-state index is -0.162. The van der Waals surface area contributed by atoms with Gasteiger partial charge in [-0.25, -0.2) is 10.1 Å². The SMILES string of the molecule is O=C(NC1CCC(c2n[nH]c(=O)c3ccccc23)CC1)c1cnc2cc(-c3cnn(C4CCOCC4)c3)ccn12. The van der Waals surface area contributed by atoms with Gasteiger partial charge in [-0.05, 0) is 62.3 Å². The molecule has 2 fully saturated rings. The summed E-state index contributed by atoms with van der Waals surface area (Å²) in [6.07, 6.45) is 13.0. The van der Waals surface area contributed by atoms with Crippen molar-refractivity contribution in [2.24, 2.45) is 0 Å². The Bertz CT molecular complexity index is 1740. The maximum atomic E-state index is 13.2. The number of hydrogen-bond acceptors (Lipinski definition) is 6. The number of pyridine rings is 1. The first kappa shape index (κ1) is 24.7. The molecule has 0 unspecified atom stereocenters. The quantitative estimate of drug-likeness (QED) is 0.346. The lowest BCUT2D eigenvalue weighted by Crippen LogP contribution is -2.38. The summed E-state index contributed by atoms with van der Waals surface area (Å²) in [5, 5.41) is 16.4. The van der Waals surface area contributed by atoms with E-state index in [1.54, 1.807) is 6.20 Å². The summed E-state index contributed by atoms with van der Waals surface area (Å²) in [5.74, 6) is 0.128. The lowest BCUT2D eigenvalue weighted by Gasteiger charge is -2.29. The molecule has 1 saturated heterocycles. The second kappa shape index (κ2) is 10.3. The minimum Gasteiger partial charge on any atom is -0.381 e. The Balaban J connectivity index is 1.02. The average molecular weight is 538 g/mol. The van der Waals surface area contributed by atoms with Gasteiger partial charge in [-0.3, -0.25) is 18.7 Å². The van der Waals surface area contributed by atoms with Gasteiger partial charge in [-0.1, -0.05) is 18.2 Å². The van der Waals surface area contributed by atoms with Crippen LogP contribution in [0.5, 0.6) is 0 Å². The van der Waals surface area contributed by atoms with E-state index in [2.05, 4.69) is 31.8 Å². The van der Waals surface area contributed by atoms with Crippen molar-refractivity contribution in [3.63, 3.8) is 0 Å². The van der Waals surface area contributed by atoms with E-state index in [4.69, 9.17) is 4.74 Å². The minimum absolute atomic E-state index is 0.0821. The van der Waals surface area contributed by atoms with E-state index in [9.17, 15) is 9.59 Å². The third-order valence-electron chi connectivity index (χ3n) is 8.42. The number of rotatable bonds is 5. The van der Waals surface area contributed by atoms with Crippen molar-refractivity contribution < 1.29 is 9.53 Å². The van der Waals surface area contributed by atoms with Crippen LogP contribution in [0, 0.1) is 0 Å². The predicted octanol–water partition coefficient (Wildman–Crippen LogP) is 4.24. The van der Waals surface area contributed by atoms with Crippen LogP contribution in [0.3, 0.4) is 0 Å². The molecule has 2 aliphatic rings. The van der Waals surface area contributed by atoms with Crippen LogP contribution in [0.1, 0.15) is 66.7 Å². The number of nitrogens with zero attached hydrogens (tertiary/aromatic N) is 5. The second-order valence-corrected chi connectivity index (χ2v) is 10.8. The lowest BCUT2D eigenvalue weighted by atomic mass is 9.82. The Kier molecular flexibility index (Phi) is 6.39. The third kappa shape index (κ3) is 4.58. The first-order valence-corrected chi connectivity index (χ1v) is 14.0. The molecule has 1 amide bonds. The molecule has 2 N–H and O–H groups in total. The van der Waals surface area contributed by atoms with Crippen LogP contribution in [0.2, 0.25) is 0 Å². The van der Waals surface area contributed by atoms with Crippen molar-refractivity contribution in [1.29, 1.82) is 0 Å². The smallest absolute Gasteiger partial charge is 0.272 e. The van der Waals surface area contributed by atoms with Crippen molar-refractivity contribution in [2.75, 3.05) is 13.2 Å². The molecule has 10 nitrogen and oxygen atoms in total. The molecule has 5 aromatic rings. The number of nitrogens with one attached hydrogen (secondary N) is 2. The van der Waals surface area contributed by atoms with E-state index in [1.807, 2.05) is 57.9 Å². The number of aromatic nitrogens is 6. The summed E-state index contributed by atoms with van der Waals surface area (Å²) >= 11 is 0. The Morgan fingerprint density at radius 1 is 0.975 bits per heavy atom. The number of ether oxygens (including phenoxy) is 1. The summed E-state index contributed by atoms with van der Waals surface area (Å²) in [4.78, 5) is 29.9. The van der Waals surface area contributed by atoms with Crippen molar-refractivity contribution in [3.05, 3.63) is 82.9 Å². The Labute approximate surface area is 230 Å². The van der Waals surface area contributed by atoms with Gasteiger partial charge >= 0.3 is 0 Å². The van der Waals surface area contributed by atoms with Gasteiger partial charge in [0.05, 0.1) is 29.5 Å². The summed E-state index contributed by atoms with van der Waals surface area (Å²) in [7, 11) is 0. The van der Waals surface area contributed by atoms with Gasteiger partial charge in [-0.2, -0.15) is 10.2 Å². The molecular weight excluding hydrogens is 506 g/mol. The maximum absolute atomic E-state index is 13.2. The Morgan fingerprint density at radius 3 is 2.60 bits per heavy atom. The zero-order chi connectivity index (χ0) is 27.1. The van der Waals surface area contributed by atoms with Crippen LogP contribution in [0.15, 0.2) is 66.0 Å². The lowest BCUT2D eigenvalue weighted by molar-refractivity contribution is 0.0662. The van der Waals surface area contributed by atoms with Gasteiger partial charge in [0, 0.05) is 48.5 Å². The molecule has 0 bridgehead atoms. The third-order valence-corrected chi connectivity index (χ3v) is 8.42. The molecule has 1 aliphatic heterocycles. The van der Waals surface area contributed by atoms with E-state index >= 15 is 0 Å². The molecule has 0 atom stereocenters. The van der Waals surface area contributed by atoms with Crippen molar-refractivity contribution >= 4 is 22.3 Å². The van der Waals surface area contributed by atoms with Crippen LogP contribution < -0.4 is 10.9 Å². The summed E-state index contributed by atoms with van der Waals surface area (Å²) < 4.78 is 9.35. The highest BCUT2D eigenvalue weighted by atomic mass is 16.5. The van der Waals surface area contributed by atoms with Crippen LogP contribution in [-0.4, -0.2) is 54.5 Å². The maximum Gasteiger partial charge on any atom is 0.272 e. The normalized spacial score (nSPS) is 20.2. The number of carbonyl (C=O) groups excluding carboxylic acids is 1. The first-order valence-electron chi connectivity index (χ1n) is 14.0. The number of fused-ring (bicyclic) bond motifs is 2. The fourth-order valence-corrected chi connectivity index (χ4v) is 6.18. The fourth-order valence-electron chi connectivity index (χ4n) is 6.18. The highest BCUT2D eigenvalue weighted by Gasteiger charge is 2.27. The van der Waals surface area contributed by atoms with Gasteiger partial charge < -0.3 is 10.1 Å². The monoisotopic (exact) mass is 537 g/mol. The highest BCUT2D eigenvalue weighted by Crippen LogP contribution is 2.34. The molecule has 7 rings (SSSR count). The highest BCUT2D eigenvalue weighted by molar-refractivity contribution is 5.93. The molecule has 1 aromatic carbocycles. The summed E-state index contributed by atoms with van der Waals surface area (Å²) in [5.41, 5.74) is 4.08. The van der Waals surface area contributed by atoms with E-state index in [-0.39, 0.29) is 23.4 Å². The average Bonchev–Trinajstić information content (AvgIpc) is 3.66. The molecule has 1 saturated carbocycles. The van der Waals surface area contributed by atoms with E-state index in [0.29, 0.717) is 17.1 Å². The summed E-state index contributed by atoms with van der Waals surface area (Å²) in [6, 6.07) is 12.1. The summed E-state index contributed by atoms with van der Waals surface area (Å²) in [6.45, 7) is 1.55. The van der Waals surface area contributed by atoms with E-state index < -0.39 is 0 Å². The first-order chi connectivity index (χ1) is 19.6. The van der Waals surface area contributed by atoms with Gasteiger partial charge in [-0.15, -0.1) is 0 Å². The predicted molar refractivity (Wildman–Crippen MR) is 150 cm³/mol. The molecule has 5 heterocycles. The number of hydrogen-bond donors (Lipinski definition) is 2. The fraction of sp³-hybridized carbons (Fsp3) is 0.367. The standard InChI is InChI=1S/C30H31N7O3/c38-29-25-4-2-1-3-24(25)28(34-35-29)19-5-7-22(8-6-19)33-30(39)26-17-31-27-15-20(9-12-36(26)27)21-16-32-37(18-21)23-10-13-40-14-11-23/h1-4,9,12,15-19,22-23H,5-8,10-11,13-14H2,(H,33,39)(H,35,38). The van der Waals surface area contributed by atoms with Gasteiger partial charge in [0.15, 0.2) is 0 Å². The Morgan fingerprint density at radius 2 is 1.77 bits per heavy atom. The Hall–Kier alpha value is -4.31. The molecular formula is C30H31N7O3. The number of H-pyrrole nitrogens is 1. The molecule has 0 spiro atoms. The molecule has 40 heavy (non-hydrogen) atoms. The van der Waals surface area contributed by atoms with E-state index in [0.717, 1.165) is 79.6 Å². The molecule has 10 heteroatoms. The second-order valence-electron chi connectivity index (χ2n) is 10.8. The number of carbonyl (C=O) groups is 1. The van der Waals surface area contributed by atoms with Crippen molar-refractivity contribution in [2.45, 2.75) is 56.5 Å². The van der Waals surface area contributed by atoms with Gasteiger partial charge in [0.2, 0.25) is 0 Å². The molecule has 1 aliphatic carbocycles. The number of aromatic amines is 1. The molecule has 204 valence electrons. The van der Waals surface area contributed by atoms with E-state index in [1.165, 1.54) is 0 Å².